The van der Waals surface area contributed by atoms with Crippen molar-refractivity contribution in [2.75, 3.05) is 23.4 Å². The molecule has 0 saturated carbocycles. The highest BCUT2D eigenvalue weighted by Gasteiger charge is 2.26. The summed E-state index contributed by atoms with van der Waals surface area (Å²) in [6.07, 6.45) is 2.53. The van der Waals surface area contributed by atoms with Crippen LogP contribution in [0.5, 0.6) is 0 Å². The van der Waals surface area contributed by atoms with E-state index < -0.39 is 0 Å². The summed E-state index contributed by atoms with van der Waals surface area (Å²) < 4.78 is 0. The van der Waals surface area contributed by atoms with E-state index in [0.29, 0.717) is 24.7 Å². The number of anilines is 2. The second kappa shape index (κ2) is 6.96. The molecule has 5 heteroatoms. The minimum absolute atomic E-state index is 0.0771. The zero-order valence-electron chi connectivity index (χ0n) is 14.7. The van der Waals surface area contributed by atoms with Gasteiger partial charge < -0.3 is 9.80 Å². The van der Waals surface area contributed by atoms with E-state index in [0.717, 1.165) is 12.1 Å². The van der Waals surface area contributed by atoms with Crippen LogP contribution >= 0.6 is 0 Å². The van der Waals surface area contributed by atoms with E-state index in [4.69, 9.17) is 0 Å². The molecular formula is C21H20N4O. The summed E-state index contributed by atoms with van der Waals surface area (Å²) in [6, 6.07) is 19.8. The molecule has 2 heterocycles. The molecule has 130 valence electrons. The van der Waals surface area contributed by atoms with Crippen molar-refractivity contribution in [3.05, 3.63) is 83.7 Å². The number of benzene rings is 2. The lowest BCUT2D eigenvalue weighted by atomic mass is 10.2. The predicted octanol–water partition coefficient (Wildman–Crippen LogP) is 3.32. The molecule has 1 aliphatic heterocycles. The van der Waals surface area contributed by atoms with Crippen LogP contribution in [-0.4, -0.2) is 29.5 Å². The van der Waals surface area contributed by atoms with Crippen LogP contribution in [0.2, 0.25) is 0 Å². The Balaban J connectivity index is 1.55. The van der Waals surface area contributed by atoms with Gasteiger partial charge in [-0.1, -0.05) is 48.5 Å². The van der Waals surface area contributed by atoms with Crippen molar-refractivity contribution in [1.29, 1.82) is 0 Å². The summed E-state index contributed by atoms with van der Waals surface area (Å²) in [7, 11) is 1.93. The average Bonchev–Trinajstić information content (AvgIpc) is 3.12. The summed E-state index contributed by atoms with van der Waals surface area (Å²) in [5.74, 6) is 0.471. The Bertz CT molecular complexity index is 926. The van der Waals surface area contributed by atoms with Gasteiger partial charge in [0.15, 0.2) is 0 Å². The molecule has 0 spiro atoms. The van der Waals surface area contributed by atoms with E-state index in [9.17, 15) is 4.79 Å². The number of hydrogen-bond acceptors (Lipinski definition) is 4. The van der Waals surface area contributed by atoms with Gasteiger partial charge in [0.2, 0.25) is 5.95 Å². The van der Waals surface area contributed by atoms with Crippen LogP contribution in [0.4, 0.5) is 11.6 Å². The smallest absolute Gasteiger partial charge is 0.277 e. The van der Waals surface area contributed by atoms with Gasteiger partial charge in [0.05, 0.1) is 0 Å². The third-order valence-electron chi connectivity index (χ3n) is 4.60. The maximum Gasteiger partial charge on any atom is 0.277 e. The highest BCUT2D eigenvalue weighted by atomic mass is 16.2. The van der Waals surface area contributed by atoms with Crippen LogP contribution in [0, 0.1) is 0 Å². The third-order valence-corrected chi connectivity index (χ3v) is 4.60. The van der Waals surface area contributed by atoms with Crippen LogP contribution in [0.1, 0.15) is 21.6 Å². The average molecular weight is 344 g/mol. The van der Waals surface area contributed by atoms with E-state index in [1.807, 2.05) is 48.3 Å². The van der Waals surface area contributed by atoms with Gasteiger partial charge in [0, 0.05) is 32.0 Å². The topological polar surface area (TPSA) is 49.3 Å². The van der Waals surface area contributed by atoms with Gasteiger partial charge >= 0.3 is 0 Å². The molecule has 0 radical (unpaired) electrons. The van der Waals surface area contributed by atoms with Crippen LogP contribution in [0.25, 0.3) is 0 Å². The van der Waals surface area contributed by atoms with E-state index in [-0.39, 0.29) is 5.91 Å². The highest BCUT2D eigenvalue weighted by molar-refractivity contribution is 6.06. The van der Waals surface area contributed by atoms with Crippen molar-refractivity contribution in [3.63, 3.8) is 0 Å². The Morgan fingerprint density at radius 3 is 2.69 bits per heavy atom. The maximum atomic E-state index is 13.0. The number of carbonyl (C=O) groups is 1. The molecular weight excluding hydrogens is 324 g/mol. The number of para-hydroxylation sites is 1. The van der Waals surface area contributed by atoms with Crippen molar-refractivity contribution in [1.82, 2.24) is 9.97 Å². The van der Waals surface area contributed by atoms with Crippen molar-refractivity contribution in [2.45, 2.75) is 13.0 Å². The Hall–Kier alpha value is -3.21. The summed E-state index contributed by atoms with van der Waals surface area (Å²) in [4.78, 5) is 25.6. The lowest BCUT2D eigenvalue weighted by molar-refractivity contribution is 0.0984. The standard InChI is InChI=1S/C21H20N4O/c1-24(15-16-7-3-2-4-8-16)21-22-13-11-18(23-21)20(26)25-14-12-17-9-5-6-10-19(17)25/h2-11,13H,12,14-15H2,1H3. The first-order chi connectivity index (χ1) is 12.7. The number of fused-ring (bicyclic) bond motifs is 1. The molecule has 0 saturated heterocycles. The zero-order valence-corrected chi connectivity index (χ0v) is 14.7. The van der Waals surface area contributed by atoms with Gasteiger partial charge in [-0.3, -0.25) is 4.79 Å². The molecule has 0 N–H and O–H groups in total. The largest absolute Gasteiger partial charge is 0.340 e. The molecule has 26 heavy (non-hydrogen) atoms. The molecule has 0 bridgehead atoms. The lowest BCUT2D eigenvalue weighted by Crippen LogP contribution is -2.30. The molecule has 1 aliphatic rings. The normalized spacial score (nSPS) is 12.7. The van der Waals surface area contributed by atoms with Crippen LogP contribution in [0.3, 0.4) is 0 Å². The Morgan fingerprint density at radius 2 is 1.85 bits per heavy atom. The van der Waals surface area contributed by atoms with Crippen LogP contribution in [-0.2, 0) is 13.0 Å². The van der Waals surface area contributed by atoms with Crippen molar-refractivity contribution in [2.24, 2.45) is 0 Å². The first kappa shape index (κ1) is 16.3. The zero-order chi connectivity index (χ0) is 17.9. The van der Waals surface area contributed by atoms with Crippen LogP contribution in [0.15, 0.2) is 66.9 Å². The fraction of sp³-hybridized carbons (Fsp3) is 0.190. The monoisotopic (exact) mass is 344 g/mol. The van der Waals surface area contributed by atoms with Gasteiger partial charge in [0.1, 0.15) is 5.69 Å². The lowest BCUT2D eigenvalue weighted by Gasteiger charge is -2.19. The number of nitrogens with zero attached hydrogens (tertiary/aromatic N) is 4. The SMILES string of the molecule is CN(Cc1ccccc1)c1nccc(C(=O)N2CCc3ccccc32)n1. The summed E-state index contributed by atoms with van der Waals surface area (Å²) >= 11 is 0. The minimum atomic E-state index is -0.0771. The quantitative estimate of drug-likeness (QED) is 0.728. The number of aromatic nitrogens is 2. The number of carbonyl (C=O) groups excluding carboxylic acids is 1. The summed E-state index contributed by atoms with van der Waals surface area (Å²) in [6.45, 7) is 1.38. The van der Waals surface area contributed by atoms with Crippen molar-refractivity contribution >= 4 is 17.5 Å². The minimum Gasteiger partial charge on any atom is -0.340 e. The molecule has 1 aromatic heterocycles. The first-order valence-electron chi connectivity index (χ1n) is 8.70. The fourth-order valence-electron chi connectivity index (χ4n) is 3.27. The van der Waals surface area contributed by atoms with Crippen LogP contribution < -0.4 is 9.80 Å². The van der Waals surface area contributed by atoms with Gasteiger partial charge in [-0.2, -0.15) is 0 Å². The van der Waals surface area contributed by atoms with Gasteiger partial charge in [-0.25, -0.2) is 9.97 Å². The van der Waals surface area contributed by atoms with E-state index in [1.54, 1.807) is 17.2 Å². The number of amides is 1. The van der Waals surface area contributed by atoms with Gasteiger partial charge in [0.25, 0.3) is 5.91 Å². The molecule has 3 aromatic rings. The first-order valence-corrected chi connectivity index (χ1v) is 8.70. The van der Waals surface area contributed by atoms with Crippen molar-refractivity contribution < 1.29 is 4.79 Å². The highest BCUT2D eigenvalue weighted by Crippen LogP contribution is 2.28. The summed E-state index contributed by atoms with van der Waals surface area (Å²) in [5.41, 5.74) is 3.78. The van der Waals surface area contributed by atoms with E-state index in [1.165, 1.54) is 11.1 Å². The second-order valence-electron chi connectivity index (χ2n) is 6.42. The van der Waals surface area contributed by atoms with Crippen molar-refractivity contribution in [3.8, 4) is 0 Å². The Kier molecular flexibility index (Phi) is 4.35. The predicted molar refractivity (Wildman–Crippen MR) is 102 cm³/mol. The maximum absolute atomic E-state index is 13.0. The molecule has 0 unspecified atom stereocenters. The molecule has 2 aromatic carbocycles. The molecule has 0 atom stereocenters. The fourth-order valence-corrected chi connectivity index (χ4v) is 3.27. The Morgan fingerprint density at radius 1 is 1.08 bits per heavy atom. The molecule has 0 aliphatic carbocycles. The Labute approximate surface area is 152 Å². The van der Waals surface area contributed by atoms with E-state index >= 15 is 0 Å². The van der Waals surface area contributed by atoms with Gasteiger partial charge in [-0.15, -0.1) is 0 Å². The molecule has 5 nitrogen and oxygen atoms in total. The second-order valence-corrected chi connectivity index (χ2v) is 6.42. The van der Waals surface area contributed by atoms with Gasteiger partial charge in [-0.05, 0) is 29.7 Å². The molecule has 0 fully saturated rings. The number of hydrogen-bond donors (Lipinski definition) is 0. The summed E-state index contributed by atoms with van der Waals surface area (Å²) in [5, 5.41) is 0. The number of rotatable bonds is 4. The third kappa shape index (κ3) is 3.16. The molecule has 4 rings (SSSR count). The van der Waals surface area contributed by atoms with E-state index in [2.05, 4.69) is 28.2 Å². The molecule has 1 amide bonds.